The van der Waals surface area contributed by atoms with Crippen LogP contribution in [0.25, 0.3) is 0 Å². The minimum atomic E-state index is -1.34. The third-order valence-corrected chi connectivity index (χ3v) is 3.61. The van der Waals surface area contributed by atoms with Crippen LogP contribution in [0.3, 0.4) is 0 Å². The minimum Gasteiger partial charge on any atom is -0.452 e. The zero-order chi connectivity index (χ0) is 19.3. The molecular weight excluding hydrogens is 346 g/mol. The van der Waals surface area contributed by atoms with E-state index >= 15 is 0 Å². The first-order chi connectivity index (χ1) is 12.3. The van der Waals surface area contributed by atoms with Crippen molar-refractivity contribution in [2.24, 2.45) is 0 Å². The fourth-order valence-electron chi connectivity index (χ4n) is 2.10. The minimum absolute atomic E-state index is 0.515. The highest BCUT2D eigenvalue weighted by Gasteiger charge is 2.20. The number of imide groups is 1. The van der Waals surface area contributed by atoms with Gasteiger partial charge in [0.25, 0.3) is 5.91 Å². The Morgan fingerprint density at radius 1 is 1.00 bits per heavy atom. The Hall–Kier alpha value is -3.29. The number of hydrogen-bond donors (Lipinski definition) is 2. The molecule has 0 aliphatic carbocycles. The number of carbonyl (C=O) groups is 3. The predicted octanol–water partition coefficient (Wildman–Crippen LogP) is 3.09. The molecule has 8 heteroatoms. The summed E-state index contributed by atoms with van der Waals surface area (Å²) in [4.78, 5) is 35.1. The van der Waals surface area contributed by atoms with Crippen LogP contribution in [0.2, 0.25) is 0 Å². The molecule has 0 atom stereocenters. The Balaban J connectivity index is 1.89. The van der Waals surface area contributed by atoms with Gasteiger partial charge < -0.3 is 10.1 Å². The summed E-state index contributed by atoms with van der Waals surface area (Å²) in [6, 6.07) is 7.31. The van der Waals surface area contributed by atoms with Crippen LogP contribution in [-0.2, 0) is 9.53 Å². The Kier molecular flexibility index (Phi) is 6.00. The molecule has 2 aromatic carbocycles. The lowest BCUT2D eigenvalue weighted by atomic mass is 10.1. The number of amides is 3. The summed E-state index contributed by atoms with van der Waals surface area (Å²) in [6.45, 7) is 2.80. The maximum absolute atomic E-state index is 13.4. The Morgan fingerprint density at radius 2 is 1.62 bits per heavy atom. The van der Waals surface area contributed by atoms with E-state index in [0.29, 0.717) is 5.69 Å². The number of urea groups is 1. The average Bonchev–Trinajstić information content (AvgIpc) is 2.57. The van der Waals surface area contributed by atoms with Crippen molar-refractivity contribution < 1.29 is 27.9 Å². The quantitative estimate of drug-likeness (QED) is 0.819. The number of anilines is 1. The van der Waals surface area contributed by atoms with E-state index in [9.17, 15) is 23.2 Å². The molecule has 0 aliphatic rings. The Morgan fingerprint density at radius 3 is 2.27 bits per heavy atom. The van der Waals surface area contributed by atoms with E-state index in [4.69, 9.17) is 0 Å². The fourth-order valence-corrected chi connectivity index (χ4v) is 2.10. The highest BCUT2D eigenvalue weighted by atomic mass is 19.1. The molecule has 2 N–H and O–H groups in total. The van der Waals surface area contributed by atoms with Crippen LogP contribution in [-0.4, -0.2) is 24.5 Å². The largest absolute Gasteiger partial charge is 0.452 e. The number of aryl methyl sites for hydroxylation is 1. The van der Waals surface area contributed by atoms with Gasteiger partial charge in [0.15, 0.2) is 6.61 Å². The van der Waals surface area contributed by atoms with E-state index in [2.05, 4.69) is 10.1 Å². The molecule has 0 spiro atoms. The molecule has 0 fully saturated rings. The number of hydrogen-bond acceptors (Lipinski definition) is 4. The number of rotatable bonds is 4. The molecule has 0 heterocycles. The zero-order valence-electron chi connectivity index (χ0n) is 14.1. The van der Waals surface area contributed by atoms with E-state index in [0.717, 1.165) is 29.3 Å². The van der Waals surface area contributed by atoms with Crippen molar-refractivity contribution in [1.82, 2.24) is 5.32 Å². The van der Waals surface area contributed by atoms with Gasteiger partial charge >= 0.3 is 12.0 Å². The normalized spacial score (nSPS) is 10.2. The molecule has 0 radical (unpaired) electrons. The maximum Gasteiger partial charge on any atom is 0.344 e. The molecule has 136 valence electrons. The van der Waals surface area contributed by atoms with Crippen molar-refractivity contribution in [2.75, 3.05) is 11.9 Å². The van der Waals surface area contributed by atoms with Gasteiger partial charge in [0.05, 0.1) is 0 Å². The SMILES string of the molecule is Cc1cccc(NC(=O)NC(=O)COC(=O)c2c(F)cccc2F)c1C. The third-order valence-electron chi connectivity index (χ3n) is 3.61. The lowest BCUT2D eigenvalue weighted by molar-refractivity contribution is -0.123. The first-order valence-electron chi connectivity index (χ1n) is 7.57. The summed E-state index contributed by atoms with van der Waals surface area (Å²) in [7, 11) is 0. The topological polar surface area (TPSA) is 84.5 Å². The lowest BCUT2D eigenvalue weighted by Gasteiger charge is -2.11. The molecule has 26 heavy (non-hydrogen) atoms. The number of carbonyl (C=O) groups excluding carboxylic acids is 3. The summed E-state index contributed by atoms with van der Waals surface area (Å²) >= 11 is 0. The molecule has 2 aromatic rings. The number of nitrogens with one attached hydrogen (secondary N) is 2. The molecule has 0 aromatic heterocycles. The first-order valence-corrected chi connectivity index (χ1v) is 7.57. The monoisotopic (exact) mass is 362 g/mol. The van der Waals surface area contributed by atoms with Gasteiger partial charge in [0.2, 0.25) is 0 Å². The molecule has 0 saturated heterocycles. The molecule has 0 bridgehead atoms. The van der Waals surface area contributed by atoms with Gasteiger partial charge in [-0.05, 0) is 43.2 Å². The van der Waals surface area contributed by atoms with Crippen LogP contribution < -0.4 is 10.6 Å². The van der Waals surface area contributed by atoms with Crippen molar-refractivity contribution in [3.05, 3.63) is 64.7 Å². The molecular formula is C18H16F2N2O4. The predicted molar refractivity (Wildman–Crippen MR) is 89.7 cm³/mol. The van der Waals surface area contributed by atoms with Gasteiger partial charge in [0, 0.05) is 5.69 Å². The van der Waals surface area contributed by atoms with Gasteiger partial charge in [0.1, 0.15) is 17.2 Å². The molecule has 0 aliphatic heterocycles. The van der Waals surface area contributed by atoms with Crippen LogP contribution in [0.4, 0.5) is 19.3 Å². The van der Waals surface area contributed by atoms with Gasteiger partial charge in [-0.25, -0.2) is 18.4 Å². The maximum atomic E-state index is 13.4. The van der Waals surface area contributed by atoms with Gasteiger partial charge in [-0.3, -0.25) is 10.1 Å². The van der Waals surface area contributed by atoms with Crippen LogP contribution in [0.15, 0.2) is 36.4 Å². The van der Waals surface area contributed by atoms with Crippen LogP contribution in [0, 0.1) is 25.5 Å². The molecule has 0 saturated carbocycles. The third kappa shape index (κ3) is 4.62. The van der Waals surface area contributed by atoms with Crippen LogP contribution in [0.5, 0.6) is 0 Å². The van der Waals surface area contributed by atoms with Gasteiger partial charge in [-0.1, -0.05) is 18.2 Å². The standard InChI is InChI=1S/C18H16F2N2O4/c1-10-5-3-8-14(11(10)2)21-18(25)22-15(23)9-26-17(24)16-12(19)6-4-7-13(16)20/h3-8H,9H2,1-2H3,(H2,21,22,23,25). The highest BCUT2D eigenvalue weighted by molar-refractivity contribution is 6.02. The van der Waals surface area contributed by atoms with Crippen molar-refractivity contribution in [3.63, 3.8) is 0 Å². The second-order valence-electron chi connectivity index (χ2n) is 5.42. The summed E-state index contributed by atoms with van der Waals surface area (Å²) in [6.07, 6.45) is 0. The second kappa shape index (κ2) is 8.19. The van der Waals surface area contributed by atoms with E-state index in [-0.39, 0.29) is 0 Å². The van der Waals surface area contributed by atoms with Crippen molar-refractivity contribution >= 4 is 23.6 Å². The summed E-state index contributed by atoms with van der Waals surface area (Å²) < 4.78 is 31.4. The number of esters is 1. The molecule has 6 nitrogen and oxygen atoms in total. The van der Waals surface area contributed by atoms with Crippen molar-refractivity contribution in [3.8, 4) is 0 Å². The smallest absolute Gasteiger partial charge is 0.344 e. The number of halogens is 2. The summed E-state index contributed by atoms with van der Waals surface area (Å²) in [5.74, 6) is -4.50. The fraction of sp³-hybridized carbons (Fsp3) is 0.167. The second-order valence-corrected chi connectivity index (χ2v) is 5.42. The van der Waals surface area contributed by atoms with E-state index < -0.39 is 41.7 Å². The lowest BCUT2D eigenvalue weighted by Crippen LogP contribution is -2.37. The molecule has 2 rings (SSSR count). The summed E-state index contributed by atoms with van der Waals surface area (Å²) in [5.41, 5.74) is 1.40. The van der Waals surface area contributed by atoms with E-state index in [1.54, 1.807) is 19.1 Å². The van der Waals surface area contributed by atoms with Gasteiger partial charge in [-0.15, -0.1) is 0 Å². The van der Waals surface area contributed by atoms with E-state index in [1.165, 1.54) is 0 Å². The Labute approximate surface area is 148 Å². The molecule has 0 unspecified atom stereocenters. The number of benzene rings is 2. The van der Waals surface area contributed by atoms with Crippen molar-refractivity contribution in [2.45, 2.75) is 13.8 Å². The average molecular weight is 362 g/mol. The van der Waals surface area contributed by atoms with Crippen LogP contribution >= 0.6 is 0 Å². The highest BCUT2D eigenvalue weighted by Crippen LogP contribution is 2.17. The van der Waals surface area contributed by atoms with Crippen molar-refractivity contribution in [1.29, 1.82) is 0 Å². The molecule has 3 amide bonds. The summed E-state index contributed by atoms with van der Waals surface area (Å²) in [5, 5.41) is 4.45. The van der Waals surface area contributed by atoms with E-state index in [1.807, 2.05) is 18.3 Å². The zero-order valence-corrected chi connectivity index (χ0v) is 14.1. The van der Waals surface area contributed by atoms with Gasteiger partial charge in [-0.2, -0.15) is 0 Å². The van der Waals surface area contributed by atoms with Crippen LogP contribution in [0.1, 0.15) is 21.5 Å². The Bertz CT molecular complexity index is 848. The number of ether oxygens (including phenoxy) is 1. The first kappa shape index (κ1) is 19.0.